The van der Waals surface area contributed by atoms with E-state index < -0.39 is 0 Å². The van der Waals surface area contributed by atoms with Gasteiger partial charge in [0.2, 0.25) is 5.56 Å². The number of amides is 1. The Morgan fingerprint density at radius 1 is 1.41 bits per heavy atom. The zero-order valence-corrected chi connectivity index (χ0v) is 10.9. The molecule has 17 heavy (non-hydrogen) atoms. The quantitative estimate of drug-likeness (QED) is 0.867. The molecule has 1 aromatic heterocycles. The molecule has 1 atom stereocenters. The van der Waals surface area contributed by atoms with Crippen LogP contribution in [0.15, 0.2) is 23.1 Å². The molecule has 0 bridgehead atoms. The molecule has 4 nitrogen and oxygen atoms in total. The van der Waals surface area contributed by atoms with E-state index in [9.17, 15) is 9.59 Å². The van der Waals surface area contributed by atoms with Gasteiger partial charge in [0.1, 0.15) is 0 Å². The summed E-state index contributed by atoms with van der Waals surface area (Å²) < 4.78 is 0. The molecule has 4 heteroatoms. The first-order valence-corrected chi connectivity index (χ1v) is 5.87. The van der Waals surface area contributed by atoms with Gasteiger partial charge in [-0.1, -0.05) is 13.8 Å². The lowest BCUT2D eigenvalue weighted by atomic mass is 10.0. The van der Waals surface area contributed by atoms with E-state index in [1.807, 2.05) is 6.92 Å². The monoisotopic (exact) mass is 236 g/mol. The Morgan fingerprint density at radius 2 is 2.06 bits per heavy atom. The third-order valence-electron chi connectivity index (χ3n) is 2.82. The van der Waals surface area contributed by atoms with Crippen molar-refractivity contribution in [2.75, 3.05) is 7.05 Å². The SMILES string of the molecule is CC(C)CC(C)N(C)C(=O)c1cc[nH]c(=O)c1. The van der Waals surface area contributed by atoms with Crippen LogP contribution < -0.4 is 5.56 Å². The van der Waals surface area contributed by atoms with Crippen LogP contribution in [0.1, 0.15) is 37.6 Å². The maximum absolute atomic E-state index is 12.1. The molecule has 0 aliphatic heterocycles. The largest absolute Gasteiger partial charge is 0.339 e. The van der Waals surface area contributed by atoms with E-state index in [0.29, 0.717) is 11.5 Å². The highest BCUT2D eigenvalue weighted by Crippen LogP contribution is 2.12. The minimum Gasteiger partial charge on any atom is -0.339 e. The van der Waals surface area contributed by atoms with Crippen molar-refractivity contribution < 1.29 is 4.79 Å². The molecule has 1 unspecified atom stereocenters. The second-order valence-electron chi connectivity index (χ2n) is 4.84. The van der Waals surface area contributed by atoms with Crippen LogP contribution in [-0.4, -0.2) is 28.9 Å². The fourth-order valence-electron chi connectivity index (χ4n) is 1.82. The molecule has 0 aromatic carbocycles. The molecule has 0 aliphatic rings. The van der Waals surface area contributed by atoms with Crippen molar-refractivity contribution in [1.29, 1.82) is 0 Å². The fourth-order valence-corrected chi connectivity index (χ4v) is 1.82. The maximum Gasteiger partial charge on any atom is 0.254 e. The molecule has 0 aliphatic carbocycles. The van der Waals surface area contributed by atoms with Gasteiger partial charge in [-0.2, -0.15) is 0 Å². The van der Waals surface area contributed by atoms with Crippen LogP contribution >= 0.6 is 0 Å². The molecule has 0 fully saturated rings. The summed E-state index contributed by atoms with van der Waals surface area (Å²) in [7, 11) is 1.77. The van der Waals surface area contributed by atoms with Gasteiger partial charge in [0.05, 0.1) is 0 Å². The van der Waals surface area contributed by atoms with Gasteiger partial charge < -0.3 is 9.88 Å². The number of carbonyl (C=O) groups excluding carboxylic acids is 1. The number of aromatic amines is 1. The molecule has 94 valence electrons. The number of hydrogen-bond acceptors (Lipinski definition) is 2. The Morgan fingerprint density at radius 3 is 2.59 bits per heavy atom. The second-order valence-corrected chi connectivity index (χ2v) is 4.84. The summed E-state index contributed by atoms with van der Waals surface area (Å²) in [6, 6.07) is 3.13. The summed E-state index contributed by atoms with van der Waals surface area (Å²) >= 11 is 0. The Bertz CT molecular complexity index is 437. The van der Waals surface area contributed by atoms with E-state index in [-0.39, 0.29) is 17.5 Å². The molecule has 1 N–H and O–H groups in total. The number of aromatic nitrogens is 1. The fraction of sp³-hybridized carbons (Fsp3) is 0.538. The molecule has 1 heterocycles. The van der Waals surface area contributed by atoms with Crippen LogP contribution in [0.25, 0.3) is 0 Å². The van der Waals surface area contributed by atoms with E-state index in [2.05, 4.69) is 18.8 Å². The molecular formula is C13H20N2O2. The van der Waals surface area contributed by atoms with Gasteiger partial charge in [0.15, 0.2) is 0 Å². The zero-order chi connectivity index (χ0) is 13.0. The summed E-state index contributed by atoms with van der Waals surface area (Å²) in [6.45, 7) is 6.27. The van der Waals surface area contributed by atoms with Crippen molar-refractivity contribution >= 4 is 5.91 Å². The summed E-state index contributed by atoms with van der Waals surface area (Å²) in [5.41, 5.74) is 0.188. The van der Waals surface area contributed by atoms with E-state index in [0.717, 1.165) is 6.42 Å². The van der Waals surface area contributed by atoms with Gasteiger partial charge in [0, 0.05) is 30.9 Å². The smallest absolute Gasteiger partial charge is 0.254 e. The van der Waals surface area contributed by atoms with Crippen molar-refractivity contribution in [3.63, 3.8) is 0 Å². The van der Waals surface area contributed by atoms with Crippen LogP contribution in [0.4, 0.5) is 0 Å². The Labute approximate surface area is 102 Å². The van der Waals surface area contributed by atoms with Crippen molar-refractivity contribution in [3.05, 3.63) is 34.2 Å². The van der Waals surface area contributed by atoms with E-state index in [1.54, 1.807) is 18.0 Å². The van der Waals surface area contributed by atoms with Gasteiger partial charge in [0.25, 0.3) is 5.91 Å². The van der Waals surface area contributed by atoms with Crippen LogP contribution in [0.2, 0.25) is 0 Å². The molecule has 0 saturated heterocycles. The van der Waals surface area contributed by atoms with Crippen LogP contribution in [-0.2, 0) is 0 Å². The van der Waals surface area contributed by atoms with Crippen molar-refractivity contribution in [1.82, 2.24) is 9.88 Å². The zero-order valence-electron chi connectivity index (χ0n) is 10.9. The van der Waals surface area contributed by atoms with Crippen LogP contribution in [0.3, 0.4) is 0 Å². The number of hydrogen-bond donors (Lipinski definition) is 1. The average Bonchev–Trinajstić information content (AvgIpc) is 2.26. The van der Waals surface area contributed by atoms with Gasteiger partial charge in [-0.25, -0.2) is 0 Å². The third-order valence-corrected chi connectivity index (χ3v) is 2.82. The second kappa shape index (κ2) is 5.66. The molecule has 0 radical (unpaired) electrons. The maximum atomic E-state index is 12.1. The lowest BCUT2D eigenvalue weighted by Crippen LogP contribution is -2.36. The predicted octanol–water partition coefficient (Wildman–Crippen LogP) is 1.88. The highest BCUT2D eigenvalue weighted by Gasteiger charge is 2.18. The first-order chi connectivity index (χ1) is 7.91. The average molecular weight is 236 g/mol. The summed E-state index contributed by atoms with van der Waals surface area (Å²) in [5.74, 6) is 0.434. The molecule has 1 rings (SSSR count). The van der Waals surface area contributed by atoms with E-state index >= 15 is 0 Å². The standard InChI is InChI=1S/C13H20N2O2/c1-9(2)7-10(3)15(4)13(17)11-5-6-14-12(16)8-11/h5-6,8-10H,7H2,1-4H3,(H,14,16). The topological polar surface area (TPSA) is 53.2 Å². The first-order valence-electron chi connectivity index (χ1n) is 5.87. The van der Waals surface area contributed by atoms with Gasteiger partial charge in [-0.15, -0.1) is 0 Å². The highest BCUT2D eigenvalue weighted by molar-refractivity contribution is 5.94. The summed E-state index contributed by atoms with van der Waals surface area (Å²) in [6.07, 6.45) is 2.45. The van der Waals surface area contributed by atoms with Crippen LogP contribution in [0.5, 0.6) is 0 Å². The van der Waals surface area contributed by atoms with Gasteiger partial charge in [-0.3, -0.25) is 9.59 Å². The number of rotatable bonds is 4. The summed E-state index contributed by atoms with van der Waals surface area (Å²) in [4.78, 5) is 27.4. The molecule has 0 spiro atoms. The van der Waals surface area contributed by atoms with E-state index in [4.69, 9.17) is 0 Å². The molecule has 1 aromatic rings. The molecule has 1 amide bonds. The van der Waals surface area contributed by atoms with E-state index in [1.165, 1.54) is 12.3 Å². The molecule has 0 saturated carbocycles. The minimum absolute atomic E-state index is 0.107. The lowest BCUT2D eigenvalue weighted by molar-refractivity contribution is 0.0728. The predicted molar refractivity (Wildman–Crippen MR) is 68.1 cm³/mol. The minimum atomic E-state index is -0.249. The van der Waals surface area contributed by atoms with Crippen molar-refractivity contribution in [2.24, 2.45) is 5.92 Å². The van der Waals surface area contributed by atoms with Gasteiger partial charge in [-0.05, 0) is 25.3 Å². The Kier molecular flexibility index (Phi) is 4.49. The Balaban J connectivity index is 2.79. The van der Waals surface area contributed by atoms with Crippen molar-refractivity contribution in [2.45, 2.75) is 33.2 Å². The number of H-pyrrole nitrogens is 1. The third kappa shape index (κ3) is 3.73. The lowest BCUT2D eigenvalue weighted by Gasteiger charge is -2.26. The van der Waals surface area contributed by atoms with Crippen LogP contribution in [0, 0.1) is 5.92 Å². The first kappa shape index (κ1) is 13.5. The Hall–Kier alpha value is -1.58. The molecular weight excluding hydrogens is 216 g/mol. The highest BCUT2D eigenvalue weighted by atomic mass is 16.2. The number of pyridine rings is 1. The number of nitrogens with zero attached hydrogens (tertiary/aromatic N) is 1. The van der Waals surface area contributed by atoms with Crippen molar-refractivity contribution in [3.8, 4) is 0 Å². The van der Waals surface area contributed by atoms with Gasteiger partial charge >= 0.3 is 0 Å². The normalized spacial score (nSPS) is 12.5. The number of carbonyl (C=O) groups is 1. The number of nitrogens with one attached hydrogen (secondary N) is 1. The summed E-state index contributed by atoms with van der Waals surface area (Å²) in [5, 5.41) is 0.